The number of hydrogen-bond donors (Lipinski definition) is 3. The zero-order valence-corrected chi connectivity index (χ0v) is 10.6. The summed E-state index contributed by atoms with van der Waals surface area (Å²) in [5.74, 6) is -1.49. The predicted molar refractivity (Wildman–Crippen MR) is 63.5 cm³/mol. The average Bonchev–Trinajstić information content (AvgIpc) is 2.31. The molecule has 0 rings (SSSR count). The van der Waals surface area contributed by atoms with Gasteiger partial charge in [-0.15, -0.1) is 0 Å². The Kier molecular flexibility index (Phi) is 7.49. The molecule has 100 valence electrons. The summed E-state index contributed by atoms with van der Waals surface area (Å²) in [4.78, 5) is 22.6. The van der Waals surface area contributed by atoms with Crippen LogP contribution in [0.4, 0.5) is 0 Å². The molecular weight excluding hydrogens is 224 g/mol. The third kappa shape index (κ3) is 5.65. The zero-order valence-electron chi connectivity index (χ0n) is 10.6. The fraction of sp³-hybridized carbons (Fsp3) is 0.818. The first-order valence-corrected chi connectivity index (χ1v) is 5.71. The van der Waals surface area contributed by atoms with E-state index in [1.54, 1.807) is 6.92 Å². The molecule has 0 aliphatic rings. The van der Waals surface area contributed by atoms with Gasteiger partial charge in [-0.25, -0.2) is 4.79 Å². The Labute approximate surface area is 102 Å². The van der Waals surface area contributed by atoms with Gasteiger partial charge in [-0.2, -0.15) is 0 Å². The van der Waals surface area contributed by atoms with Crippen LogP contribution in [-0.2, 0) is 14.3 Å². The number of nitrogens with two attached hydrogens (primary N) is 1. The maximum atomic E-state index is 11.6. The van der Waals surface area contributed by atoms with Gasteiger partial charge in [0.2, 0.25) is 5.91 Å². The minimum atomic E-state index is -1.02. The van der Waals surface area contributed by atoms with E-state index in [4.69, 9.17) is 15.6 Å². The van der Waals surface area contributed by atoms with Gasteiger partial charge in [0.1, 0.15) is 6.04 Å². The van der Waals surface area contributed by atoms with Crippen molar-refractivity contribution in [2.24, 2.45) is 11.7 Å². The molecule has 0 fully saturated rings. The number of amides is 1. The molecule has 1 unspecified atom stereocenters. The van der Waals surface area contributed by atoms with Crippen molar-refractivity contribution in [3.8, 4) is 0 Å². The summed E-state index contributed by atoms with van der Waals surface area (Å²) < 4.78 is 4.97. The van der Waals surface area contributed by atoms with Crippen LogP contribution in [0.15, 0.2) is 0 Å². The molecule has 0 heterocycles. The van der Waals surface area contributed by atoms with Crippen molar-refractivity contribution in [1.82, 2.24) is 5.32 Å². The van der Waals surface area contributed by atoms with Crippen molar-refractivity contribution in [3.05, 3.63) is 0 Å². The molecule has 0 bridgehead atoms. The van der Waals surface area contributed by atoms with E-state index in [1.807, 2.05) is 6.92 Å². The van der Waals surface area contributed by atoms with E-state index in [0.717, 1.165) is 0 Å². The third-order valence-electron chi connectivity index (χ3n) is 2.80. The lowest BCUT2D eigenvalue weighted by Gasteiger charge is -2.21. The van der Waals surface area contributed by atoms with Gasteiger partial charge in [-0.1, -0.05) is 20.3 Å². The summed E-state index contributed by atoms with van der Waals surface area (Å²) >= 11 is 0. The highest BCUT2D eigenvalue weighted by atomic mass is 16.5. The summed E-state index contributed by atoms with van der Waals surface area (Å²) in [5, 5.41) is 11.5. The Morgan fingerprint density at radius 3 is 2.41 bits per heavy atom. The number of methoxy groups -OCH3 is 1. The number of rotatable bonds is 8. The van der Waals surface area contributed by atoms with Gasteiger partial charge in [0.05, 0.1) is 12.5 Å². The van der Waals surface area contributed by atoms with E-state index in [2.05, 4.69) is 5.32 Å². The van der Waals surface area contributed by atoms with Crippen LogP contribution < -0.4 is 11.1 Å². The van der Waals surface area contributed by atoms with Crippen LogP contribution in [0.5, 0.6) is 0 Å². The number of hydrogen-bond acceptors (Lipinski definition) is 4. The van der Waals surface area contributed by atoms with E-state index in [9.17, 15) is 9.59 Å². The standard InChI is InChI=1S/C11H22N2O4/c1-4-7(2)10(11(15)16)13-9(14)5-8(6-12)17-3/h7-8,10H,4-6,12H2,1-3H3,(H,13,14)(H,15,16)/t7-,8?,10-/m0/s1. The van der Waals surface area contributed by atoms with Crippen LogP contribution in [0.3, 0.4) is 0 Å². The molecule has 0 aliphatic heterocycles. The molecule has 0 aromatic carbocycles. The molecule has 6 nitrogen and oxygen atoms in total. The number of carbonyl (C=O) groups is 2. The van der Waals surface area contributed by atoms with Gasteiger partial charge < -0.3 is 20.9 Å². The minimum absolute atomic E-state index is 0.0766. The first-order chi connectivity index (χ1) is 7.96. The number of carbonyl (C=O) groups excluding carboxylic acids is 1. The number of carboxylic acids is 1. The lowest BCUT2D eigenvalue weighted by Crippen LogP contribution is -2.46. The van der Waals surface area contributed by atoms with Crippen molar-refractivity contribution in [1.29, 1.82) is 0 Å². The molecule has 0 aromatic rings. The van der Waals surface area contributed by atoms with Crippen LogP contribution in [0.2, 0.25) is 0 Å². The molecule has 0 aromatic heterocycles. The monoisotopic (exact) mass is 246 g/mol. The molecule has 0 saturated carbocycles. The lowest BCUT2D eigenvalue weighted by atomic mass is 9.99. The van der Waals surface area contributed by atoms with Gasteiger partial charge in [0.15, 0.2) is 0 Å². The molecule has 3 atom stereocenters. The average molecular weight is 246 g/mol. The van der Waals surface area contributed by atoms with Crippen LogP contribution >= 0.6 is 0 Å². The first-order valence-electron chi connectivity index (χ1n) is 5.71. The summed E-state index contributed by atoms with van der Waals surface area (Å²) in [7, 11) is 1.47. The minimum Gasteiger partial charge on any atom is -0.480 e. The Morgan fingerprint density at radius 2 is 2.06 bits per heavy atom. The number of nitrogens with one attached hydrogen (secondary N) is 1. The van der Waals surface area contributed by atoms with E-state index in [-0.39, 0.29) is 30.9 Å². The summed E-state index contributed by atoms with van der Waals surface area (Å²) in [5.41, 5.74) is 5.39. The molecule has 0 saturated heterocycles. The normalized spacial score (nSPS) is 16.0. The van der Waals surface area contributed by atoms with Gasteiger partial charge in [-0.3, -0.25) is 4.79 Å². The fourth-order valence-electron chi connectivity index (χ4n) is 1.39. The molecule has 17 heavy (non-hydrogen) atoms. The summed E-state index contributed by atoms with van der Waals surface area (Å²) in [6, 6.07) is -0.859. The molecule has 0 radical (unpaired) electrons. The Hall–Kier alpha value is -1.14. The number of carboxylic acid groups (broad SMARTS) is 1. The van der Waals surface area contributed by atoms with Gasteiger partial charge in [0, 0.05) is 13.7 Å². The van der Waals surface area contributed by atoms with Crippen molar-refractivity contribution in [3.63, 3.8) is 0 Å². The second-order valence-corrected chi connectivity index (χ2v) is 4.07. The highest BCUT2D eigenvalue weighted by Gasteiger charge is 2.25. The number of ether oxygens (including phenoxy) is 1. The molecule has 0 aliphatic carbocycles. The maximum absolute atomic E-state index is 11.6. The van der Waals surface area contributed by atoms with Gasteiger partial charge in [-0.05, 0) is 5.92 Å². The summed E-state index contributed by atoms with van der Waals surface area (Å²) in [6.45, 7) is 3.89. The molecular formula is C11H22N2O4. The van der Waals surface area contributed by atoms with E-state index in [0.29, 0.717) is 6.42 Å². The number of aliphatic carboxylic acids is 1. The van der Waals surface area contributed by atoms with Crippen LogP contribution in [0.25, 0.3) is 0 Å². The lowest BCUT2D eigenvalue weighted by molar-refractivity contribution is -0.143. The fourth-order valence-corrected chi connectivity index (χ4v) is 1.39. The van der Waals surface area contributed by atoms with E-state index >= 15 is 0 Å². The van der Waals surface area contributed by atoms with Crippen molar-refractivity contribution >= 4 is 11.9 Å². The van der Waals surface area contributed by atoms with E-state index < -0.39 is 12.0 Å². The molecule has 0 spiro atoms. The van der Waals surface area contributed by atoms with Crippen LogP contribution in [0.1, 0.15) is 26.7 Å². The quantitative estimate of drug-likeness (QED) is 0.558. The van der Waals surface area contributed by atoms with Crippen molar-refractivity contribution < 1.29 is 19.4 Å². The molecule has 6 heteroatoms. The van der Waals surface area contributed by atoms with Crippen molar-refractivity contribution in [2.45, 2.75) is 38.8 Å². The Balaban J connectivity index is 4.36. The molecule has 1 amide bonds. The maximum Gasteiger partial charge on any atom is 0.326 e. The second-order valence-electron chi connectivity index (χ2n) is 4.07. The first kappa shape index (κ1) is 15.9. The van der Waals surface area contributed by atoms with Crippen LogP contribution in [-0.4, -0.2) is 42.8 Å². The zero-order chi connectivity index (χ0) is 13.4. The largest absolute Gasteiger partial charge is 0.480 e. The second kappa shape index (κ2) is 8.03. The topological polar surface area (TPSA) is 102 Å². The molecule has 4 N–H and O–H groups in total. The Bertz CT molecular complexity index is 254. The Morgan fingerprint density at radius 1 is 1.47 bits per heavy atom. The highest BCUT2D eigenvalue weighted by Crippen LogP contribution is 2.08. The van der Waals surface area contributed by atoms with Crippen molar-refractivity contribution in [2.75, 3.05) is 13.7 Å². The SMILES string of the molecule is CC[C@H](C)[C@H](NC(=O)CC(CN)OC)C(=O)O. The van der Waals surface area contributed by atoms with Gasteiger partial charge >= 0.3 is 5.97 Å². The highest BCUT2D eigenvalue weighted by molar-refractivity contribution is 5.83. The predicted octanol–water partition coefficient (Wildman–Crippen LogP) is -0.0343. The summed E-state index contributed by atoms with van der Waals surface area (Å²) in [6.07, 6.45) is 0.385. The third-order valence-corrected chi connectivity index (χ3v) is 2.80. The van der Waals surface area contributed by atoms with Crippen LogP contribution in [0, 0.1) is 5.92 Å². The van der Waals surface area contributed by atoms with Gasteiger partial charge in [0.25, 0.3) is 0 Å². The van der Waals surface area contributed by atoms with E-state index in [1.165, 1.54) is 7.11 Å². The smallest absolute Gasteiger partial charge is 0.326 e.